The molecule has 2 N–H and O–H groups in total. The van der Waals surface area contributed by atoms with Crippen molar-refractivity contribution in [2.24, 2.45) is 5.92 Å². The summed E-state index contributed by atoms with van der Waals surface area (Å²) in [5, 5.41) is 20.4. The van der Waals surface area contributed by atoms with Gasteiger partial charge in [-0.25, -0.2) is 8.42 Å². The second-order valence-electron chi connectivity index (χ2n) is 7.27. The summed E-state index contributed by atoms with van der Waals surface area (Å²) >= 11 is 0. The van der Waals surface area contributed by atoms with Gasteiger partial charge in [-0.05, 0) is 13.0 Å². The zero-order valence-corrected chi connectivity index (χ0v) is 16.6. The number of rotatable bonds is 8. The van der Waals surface area contributed by atoms with Gasteiger partial charge in [0.15, 0.2) is 0 Å². The Bertz CT molecular complexity index is 559. The Hall–Kier alpha value is -0.743. The van der Waals surface area contributed by atoms with Gasteiger partial charge in [-0.15, -0.1) is 6.58 Å². The van der Waals surface area contributed by atoms with Gasteiger partial charge in [0.25, 0.3) is 0 Å². The molecule has 0 aromatic carbocycles. The van der Waals surface area contributed by atoms with Gasteiger partial charge < -0.3 is 14.9 Å². The van der Waals surface area contributed by atoms with Crippen LogP contribution in [0.25, 0.3) is 0 Å². The summed E-state index contributed by atoms with van der Waals surface area (Å²) < 4.78 is 31.4. The number of carbonyl (C=O) groups is 1. The summed E-state index contributed by atoms with van der Waals surface area (Å²) in [6.45, 7) is 11.2. The Morgan fingerprint density at radius 1 is 1.46 bits per heavy atom. The predicted octanol–water partition coefficient (Wildman–Crippen LogP) is 0.426. The Morgan fingerprint density at radius 3 is 2.50 bits per heavy atom. The average Bonchev–Trinajstić information content (AvgIpc) is 2.82. The van der Waals surface area contributed by atoms with E-state index in [2.05, 4.69) is 26.2 Å². The minimum Gasteiger partial charge on any atom is -0.465 e. The Labute approximate surface area is 145 Å². The molecule has 1 heterocycles. The van der Waals surface area contributed by atoms with E-state index >= 15 is 0 Å². The topological polar surface area (TPSA) is 104 Å². The van der Waals surface area contributed by atoms with Gasteiger partial charge in [0.1, 0.15) is 6.04 Å². The molecule has 0 radical (unpaired) electrons. The third-order valence-corrected chi connectivity index (χ3v) is 8.06. The van der Waals surface area contributed by atoms with Crippen molar-refractivity contribution < 1.29 is 28.2 Å². The van der Waals surface area contributed by atoms with Crippen molar-refractivity contribution in [2.75, 3.05) is 18.9 Å². The largest absolute Gasteiger partial charge is 0.465 e. The van der Waals surface area contributed by atoms with Crippen molar-refractivity contribution in [1.82, 2.24) is 4.31 Å². The molecule has 1 saturated heterocycles. The van der Waals surface area contributed by atoms with E-state index in [1.807, 2.05) is 0 Å². The van der Waals surface area contributed by atoms with Crippen LogP contribution in [0, 0.1) is 5.92 Å². The average molecular weight is 380 g/mol. The molecule has 1 fully saturated rings. The van der Waals surface area contributed by atoms with Crippen molar-refractivity contribution in [3.63, 3.8) is 0 Å². The standard InChI is InChI=1S/C15H29NO6SSi/c1-6-12(17)11-10-16(13(14(11)18)15(19)22-7-2)23(20,21)8-9-24(3,4)5/h6,11-14,17-18H,1,7-10H2,2-5H3/t11-,12+,13-,14+/m1/s1. The first-order valence-electron chi connectivity index (χ1n) is 8.09. The SMILES string of the molecule is C=C[C@H](O)[C@H]1CN(S(=O)(=O)CC[Si](C)(C)C)[C@@H](C(=O)OCC)[C@H]1O. The number of hydrogen-bond acceptors (Lipinski definition) is 6. The number of hydrogen-bond donors (Lipinski definition) is 2. The first-order chi connectivity index (χ1) is 10.9. The highest BCUT2D eigenvalue weighted by molar-refractivity contribution is 7.89. The summed E-state index contributed by atoms with van der Waals surface area (Å²) in [4.78, 5) is 12.2. The molecule has 0 unspecified atom stereocenters. The van der Waals surface area contributed by atoms with Crippen molar-refractivity contribution in [3.8, 4) is 0 Å². The first-order valence-corrected chi connectivity index (χ1v) is 13.4. The number of aliphatic hydroxyl groups excluding tert-OH is 2. The monoisotopic (exact) mass is 379 g/mol. The molecule has 0 aliphatic carbocycles. The maximum Gasteiger partial charge on any atom is 0.327 e. The van der Waals surface area contributed by atoms with Crippen LogP contribution in [0.15, 0.2) is 12.7 Å². The van der Waals surface area contributed by atoms with Gasteiger partial charge in [-0.2, -0.15) is 4.31 Å². The second kappa shape index (κ2) is 8.09. The molecule has 0 bridgehead atoms. The highest BCUT2D eigenvalue weighted by Gasteiger charge is 2.52. The number of sulfonamides is 1. The van der Waals surface area contributed by atoms with Crippen molar-refractivity contribution in [1.29, 1.82) is 0 Å². The molecule has 7 nitrogen and oxygen atoms in total. The van der Waals surface area contributed by atoms with Crippen LogP contribution in [0.4, 0.5) is 0 Å². The third kappa shape index (κ3) is 5.12. The quantitative estimate of drug-likeness (QED) is 0.360. The van der Waals surface area contributed by atoms with Crippen LogP contribution in [0.1, 0.15) is 6.92 Å². The molecule has 24 heavy (non-hydrogen) atoms. The lowest BCUT2D eigenvalue weighted by molar-refractivity contribution is -0.150. The smallest absolute Gasteiger partial charge is 0.327 e. The van der Waals surface area contributed by atoms with Crippen LogP contribution in [0.3, 0.4) is 0 Å². The Morgan fingerprint density at radius 2 is 2.04 bits per heavy atom. The lowest BCUT2D eigenvalue weighted by Crippen LogP contribution is -2.47. The molecule has 0 spiro atoms. The molecule has 9 heteroatoms. The zero-order chi connectivity index (χ0) is 18.7. The predicted molar refractivity (Wildman–Crippen MR) is 94.8 cm³/mol. The molecule has 0 amide bonds. The van der Waals surface area contributed by atoms with E-state index in [1.54, 1.807) is 6.92 Å². The van der Waals surface area contributed by atoms with E-state index < -0.39 is 48.2 Å². The maximum atomic E-state index is 12.7. The normalized spacial score (nSPS) is 27.0. The van der Waals surface area contributed by atoms with E-state index in [9.17, 15) is 23.4 Å². The van der Waals surface area contributed by atoms with E-state index in [-0.39, 0.29) is 18.9 Å². The van der Waals surface area contributed by atoms with E-state index in [1.165, 1.54) is 6.08 Å². The fourth-order valence-corrected chi connectivity index (χ4v) is 7.31. The van der Waals surface area contributed by atoms with Gasteiger partial charge in [-0.1, -0.05) is 25.7 Å². The van der Waals surface area contributed by atoms with E-state index in [0.717, 1.165) is 4.31 Å². The number of ether oxygens (including phenoxy) is 1. The van der Waals surface area contributed by atoms with Gasteiger partial charge in [0, 0.05) is 20.5 Å². The van der Waals surface area contributed by atoms with Gasteiger partial charge in [0.2, 0.25) is 10.0 Å². The fourth-order valence-electron chi connectivity index (χ4n) is 2.64. The van der Waals surface area contributed by atoms with Crippen molar-refractivity contribution >= 4 is 24.1 Å². The van der Waals surface area contributed by atoms with Crippen LogP contribution in [0.5, 0.6) is 0 Å². The molecule has 1 rings (SSSR count). The Balaban J connectivity index is 3.11. The van der Waals surface area contributed by atoms with Crippen LogP contribution in [-0.2, 0) is 19.6 Å². The van der Waals surface area contributed by atoms with Crippen LogP contribution in [0.2, 0.25) is 25.7 Å². The van der Waals surface area contributed by atoms with Gasteiger partial charge in [0.05, 0.1) is 24.6 Å². The summed E-state index contributed by atoms with van der Waals surface area (Å²) in [7, 11) is -5.35. The van der Waals surface area contributed by atoms with Crippen molar-refractivity contribution in [3.05, 3.63) is 12.7 Å². The van der Waals surface area contributed by atoms with Gasteiger partial charge >= 0.3 is 5.97 Å². The summed E-state index contributed by atoms with van der Waals surface area (Å²) in [5.41, 5.74) is 0. The molecular formula is C15H29NO6SSi. The van der Waals surface area contributed by atoms with Gasteiger partial charge in [-0.3, -0.25) is 4.79 Å². The number of carbonyl (C=O) groups excluding carboxylic acids is 1. The number of nitrogens with zero attached hydrogens (tertiary/aromatic N) is 1. The van der Waals surface area contributed by atoms with Crippen molar-refractivity contribution in [2.45, 2.75) is 50.9 Å². The molecule has 140 valence electrons. The van der Waals surface area contributed by atoms with Crippen LogP contribution < -0.4 is 0 Å². The maximum absolute atomic E-state index is 12.7. The molecule has 0 saturated carbocycles. The Kier molecular flexibility index (Phi) is 7.18. The number of aliphatic hydroxyl groups is 2. The second-order valence-corrected chi connectivity index (χ2v) is 14.9. The summed E-state index contributed by atoms with van der Waals surface area (Å²) in [6, 6.07) is -0.775. The lowest BCUT2D eigenvalue weighted by atomic mass is 9.96. The minimum atomic E-state index is -3.75. The molecule has 4 atom stereocenters. The molecule has 1 aliphatic heterocycles. The number of esters is 1. The third-order valence-electron chi connectivity index (χ3n) is 4.14. The summed E-state index contributed by atoms with van der Waals surface area (Å²) in [6.07, 6.45) is -1.21. The minimum absolute atomic E-state index is 0.0811. The lowest BCUT2D eigenvalue weighted by Gasteiger charge is -2.25. The zero-order valence-electron chi connectivity index (χ0n) is 14.8. The van der Waals surface area contributed by atoms with Crippen LogP contribution in [-0.4, -0.2) is 74.1 Å². The fraction of sp³-hybridized carbons (Fsp3) is 0.800. The molecule has 0 aromatic rings. The van der Waals surface area contributed by atoms with Crippen LogP contribution >= 0.6 is 0 Å². The van der Waals surface area contributed by atoms with E-state index in [0.29, 0.717) is 6.04 Å². The van der Waals surface area contributed by atoms with E-state index in [4.69, 9.17) is 4.74 Å². The first kappa shape index (κ1) is 21.3. The molecule has 1 aliphatic rings. The highest BCUT2D eigenvalue weighted by atomic mass is 32.2. The molecular weight excluding hydrogens is 350 g/mol. The summed E-state index contributed by atoms with van der Waals surface area (Å²) in [5.74, 6) is -1.68. The molecule has 0 aromatic heterocycles. The highest BCUT2D eigenvalue weighted by Crippen LogP contribution is 2.31.